The molecule has 0 amide bonds. The zero-order chi connectivity index (χ0) is 14.5. The Hall–Kier alpha value is -1.45. The van der Waals surface area contributed by atoms with E-state index in [1.54, 1.807) is 18.1 Å². The van der Waals surface area contributed by atoms with Crippen molar-refractivity contribution >= 4 is 34.6 Å². The molecule has 2 aromatic heterocycles. The van der Waals surface area contributed by atoms with Crippen LogP contribution in [0.25, 0.3) is 11.0 Å². The summed E-state index contributed by atoms with van der Waals surface area (Å²) >= 11 is 7.64. The van der Waals surface area contributed by atoms with Crippen LogP contribution in [-0.2, 0) is 0 Å². The Kier molecular flexibility index (Phi) is 5.10. The van der Waals surface area contributed by atoms with Crippen LogP contribution >= 0.6 is 23.5 Å². The molecule has 2 heterocycles. The van der Waals surface area contributed by atoms with Crippen molar-refractivity contribution in [2.24, 2.45) is 0 Å². The summed E-state index contributed by atoms with van der Waals surface area (Å²) in [5.41, 5.74) is 2.13. The van der Waals surface area contributed by atoms with Crippen LogP contribution in [0.1, 0.15) is 19.4 Å². The van der Waals surface area contributed by atoms with Crippen LogP contribution in [0.2, 0.25) is 5.02 Å². The lowest BCUT2D eigenvalue weighted by molar-refractivity contribution is 1.24. The molecule has 0 atom stereocenters. The second kappa shape index (κ2) is 6.82. The van der Waals surface area contributed by atoms with E-state index >= 15 is 0 Å². The average molecular weight is 305 g/mol. The van der Waals surface area contributed by atoms with Crippen LogP contribution in [0, 0.1) is 6.92 Å². The quantitative estimate of drug-likeness (QED) is 0.615. The Morgan fingerprint density at radius 2 is 1.85 bits per heavy atom. The molecule has 0 saturated heterocycles. The van der Waals surface area contributed by atoms with Gasteiger partial charge in [-0.3, -0.25) is 3.97 Å². The molecule has 0 N–H and O–H groups in total. The number of rotatable bonds is 2. The Morgan fingerprint density at radius 3 is 2.55 bits per heavy atom. The van der Waals surface area contributed by atoms with E-state index in [1.807, 2.05) is 38.1 Å². The standard InChI is InChI=1S/C14H11ClN2S.C2H6/c1-10-9-17(18-12-5-3-2-4-6-12)14-13(10)7-11(15)8-16-14;1-2/h2-9H,1H3;1-2H3. The van der Waals surface area contributed by atoms with E-state index < -0.39 is 0 Å². The van der Waals surface area contributed by atoms with E-state index in [1.165, 1.54) is 10.5 Å². The van der Waals surface area contributed by atoms with E-state index in [0.29, 0.717) is 5.02 Å². The van der Waals surface area contributed by atoms with Gasteiger partial charge in [0.15, 0.2) is 5.65 Å². The fraction of sp³-hybridized carbons (Fsp3) is 0.188. The second-order valence-electron chi connectivity index (χ2n) is 4.07. The predicted octanol–water partition coefficient (Wildman–Crippen LogP) is 5.58. The van der Waals surface area contributed by atoms with Crippen molar-refractivity contribution in [3.05, 3.63) is 59.4 Å². The maximum Gasteiger partial charge on any atom is 0.150 e. The lowest BCUT2D eigenvalue weighted by Gasteiger charge is -2.03. The lowest BCUT2D eigenvalue weighted by atomic mass is 10.2. The number of halogens is 1. The third-order valence-electron chi connectivity index (χ3n) is 2.72. The van der Waals surface area contributed by atoms with E-state index in [0.717, 1.165) is 11.0 Å². The molecule has 0 spiro atoms. The fourth-order valence-electron chi connectivity index (χ4n) is 1.87. The maximum atomic E-state index is 5.98. The molecular formula is C16H17ClN2S. The summed E-state index contributed by atoms with van der Waals surface area (Å²) in [5, 5.41) is 1.78. The number of nitrogens with zero attached hydrogens (tertiary/aromatic N) is 2. The molecule has 0 fully saturated rings. The molecule has 0 unspecified atom stereocenters. The van der Waals surface area contributed by atoms with E-state index in [4.69, 9.17) is 11.6 Å². The van der Waals surface area contributed by atoms with Gasteiger partial charge in [-0.2, -0.15) is 0 Å². The molecule has 0 aliphatic rings. The molecule has 20 heavy (non-hydrogen) atoms. The summed E-state index contributed by atoms with van der Waals surface area (Å²) in [6, 6.07) is 12.2. The molecule has 104 valence electrons. The summed E-state index contributed by atoms with van der Waals surface area (Å²) in [6.07, 6.45) is 3.77. The minimum absolute atomic E-state index is 0.674. The molecule has 0 aliphatic carbocycles. The van der Waals surface area contributed by atoms with Gasteiger partial charge in [0.25, 0.3) is 0 Å². The Labute approximate surface area is 128 Å². The number of hydrogen-bond donors (Lipinski definition) is 0. The predicted molar refractivity (Wildman–Crippen MR) is 88.5 cm³/mol. The highest BCUT2D eigenvalue weighted by Gasteiger charge is 2.08. The number of benzene rings is 1. The van der Waals surface area contributed by atoms with Gasteiger partial charge in [0.1, 0.15) is 0 Å². The molecule has 2 nitrogen and oxygen atoms in total. The normalized spacial score (nSPS) is 10.2. The molecule has 0 radical (unpaired) electrons. The highest BCUT2D eigenvalue weighted by molar-refractivity contribution is 7.98. The van der Waals surface area contributed by atoms with Crippen LogP contribution in [0.3, 0.4) is 0 Å². The fourth-order valence-corrected chi connectivity index (χ4v) is 2.98. The van der Waals surface area contributed by atoms with Crippen LogP contribution < -0.4 is 0 Å². The van der Waals surface area contributed by atoms with Gasteiger partial charge in [0.05, 0.1) is 5.02 Å². The largest absolute Gasteiger partial charge is 0.270 e. The smallest absolute Gasteiger partial charge is 0.150 e. The molecule has 0 saturated carbocycles. The van der Waals surface area contributed by atoms with E-state index in [-0.39, 0.29) is 0 Å². The van der Waals surface area contributed by atoms with Crippen molar-refractivity contribution in [2.45, 2.75) is 25.7 Å². The molecule has 0 aliphatic heterocycles. The Balaban J connectivity index is 0.000000704. The Morgan fingerprint density at radius 1 is 1.15 bits per heavy atom. The van der Waals surface area contributed by atoms with Crippen molar-refractivity contribution in [2.75, 3.05) is 0 Å². The van der Waals surface area contributed by atoms with Gasteiger partial charge < -0.3 is 0 Å². The number of aryl methyl sites for hydroxylation is 1. The summed E-state index contributed by atoms with van der Waals surface area (Å²) in [4.78, 5) is 5.59. The average Bonchev–Trinajstić information content (AvgIpc) is 2.78. The van der Waals surface area contributed by atoms with Crippen molar-refractivity contribution in [3.8, 4) is 0 Å². The van der Waals surface area contributed by atoms with Crippen LogP contribution in [-0.4, -0.2) is 8.96 Å². The highest BCUT2D eigenvalue weighted by Crippen LogP contribution is 2.29. The topological polar surface area (TPSA) is 17.8 Å². The lowest BCUT2D eigenvalue weighted by Crippen LogP contribution is -1.86. The van der Waals surface area contributed by atoms with Gasteiger partial charge in [-0.15, -0.1) is 0 Å². The number of pyridine rings is 1. The third kappa shape index (κ3) is 3.17. The van der Waals surface area contributed by atoms with Crippen LogP contribution in [0.5, 0.6) is 0 Å². The summed E-state index contributed by atoms with van der Waals surface area (Å²) < 4.78 is 2.08. The van der Waals surface area contributed by atoms with Crippen molar-refractivity contribution < 1.29 is 0 Å². The summed E-state index contributed by atoms with van der Waals surface area (Å²) in [5.74, 6) is 0. The molecule has 0 bridgehead atoms. The first-order valence-corrected chi connectivity index (χ1v) is 7.76. The van der Waals surface area contributed by atoms with Gasteiger partial charge in [-0.05, 0) is 42.6 Å². The van der Waals surface area contributed by atoms with Crippen molar-refractivity contribution in [3.63, 3.8) is 0 Å². The van der Waals surface area contributed by atoms with Gasteiger partial charge >= 0.3 is 0 Å². The second-order valence-corrected chi connectivity index (χ2v) is 5.55. The molecular weight excluding hydrogens is 288 g/mol. The van der Waals surface area contributed by atoms with E-state index in [2.05, 4.69) is 34.2 Å². The SMILES string of the molecule is CC.Cc1cn(Sc2ccccc2)c2ncc(Cl)cc12. The van der Waals surface area contributed by atoms with Gasteiger partial charge in [0, 0.05) is 22.7 Å². The third-order valence-corrected chi connectivity index (χ3v) is 3.89. The number of hydrogen-bond acceptors (Lipinski definition) is 2. The molecule has 1 aromatic carbocycles. The van der Waals surface area contributed by atoms with Gasteiger partial charge in [-0.1, -0.05) is 43.6 Å². The zero-order valence-electron chi connectivity index (χ0n) is 11.8. The zero-order valence-corrected chi connectivity index (χ0v) is 13.4. The minimum atomic E-state index is 0.674. The molecule has 3 aromatic rings. The first-order chi connectivity index (χ1) is 9.74. The number of aromatic nitrogens is 2. The summed E-state index contributed by atoms with van der Waals surface area (Å²) in [7, 11) is 0. The first kappa shape index (κ1) is 14.9. The first-order valence-electron chi connectivity index (χ1n) is 6.60. The van der Waals surface area contributed by atoms with Crippen LogP contribution in [0.4, 0.5) is 0 Å². The highest BCUT2D eigenvalue weighted by atomic mass is 35.5. The van der Waals surface area contributed by atoms with Crippen molar-refractivity contribution in [1.82, 2.24) is 8.96 Å². The van der Waals surface area contributed by atoms with Gasteiger partial charge in [0.2, 0.25) is 0 Å². The van der Waals surface area contributed by atoms with E-state index in [9.17, 15) is 0 Å². The molecule has 3 rings (SSSR count). The summed E-state index contributed by atoms with van der Waals surface area (Å²) in [6.45, 7) is 6.07. The monoisotopic (exact) mass is 304 g/mol. The Bertz CT molecular complexity index is 692. The molecule has 4 heteroatoms. The number of fused-ring (bicyclic) bond motifs is 1. The van der Waals surface area contributed by atoms with Crippen LogP contribution in [0.15, 0.2) is 53.7 Å². The van der Waals surface area contributed by atoms with Crippen molar-refractivity contribution in [1.29, 1.82) is 0 Å². The minimum Gasteiger partial charge on any atom is -0.270 e. The van der Waals surface area contributed by atoms with Gasteiger partial charge in [-0.25, -0.2) is 4.98 Å². The maximum absolute atomic E-state index is 5.98.